The molecule has 0 unspecified atom stereocenters. The molecule has 9 heteroatoms. The molecule has 0 bridgehead atoms. The Balaban J connectivity index is 3.18. The maximum atomic E-state index is 13.3. The maximum absolute atomic E-state index is 13.3. The number of halogens is 3. The fourth-order valence-electron chi connectivity index (χ4n) is 1.14. The molecule has 0 heterocycles. The number of anilines is 1. The number of nitrogens with two attached hydrogens (primary N) is 1. The summed E-state index contributed by atoms with van der Waals surface area (Å²) in [6, 6.07) is 1.07. The van der Waals surface area contributed by atoms with Crippen molar-refractivity contribution in [3.63, 3.8) is 0 Å². The van der Waals surface area contributed by atoms with Gasteiger partial charge in [-0.3, -0.25) is 9.52 Å². The Morgan fingerprint density at radius 3 is 2.44 bits per heavy atom. The van der Waals surface area contributed by atoms with E-state index >= 15 is 0 Å². The number of rotatable bonds is 5. The Morgan fingerprint density at radius 2 is 1.94 bits per heavy atom. The van der Waals surface area contributed by atoms with Gasteiger partial charge in [0.15, 0.2) is 0 Å². The van der Waals surface area contributed by atoms with Crippen LogP contribution in [0.5, 0.6) is 0 Å². The summed E-state index contributed by atoms with van der Waals surface area (Å²) < 4.78 is 51.0. The number of primary amides is 1. The van der Waals surface area contributed by atoms with E-state index in [1.807, 2.05) is 4.72 Å². The molecule has 0 spiro atoms. The molecule has 5 nitrogen and oxygen atoms in total. The van der Waals surface area contributed by atoms with Gasteiger partial charge < -0.3 is 5.73 Å². The molecular weight excluding hydrogens is 290 g/mol. The van der Waals surface area contributed by atoms with Crippen LogP contribution in [-0.4, -0.2) is 26.0 Å². The number of benzene rings is 1. The smallest absolute Gasteiger partial charge is 0.251 e. The van der Waals surface area contributed by atoms with Crippen LogP contribution in [0, 0.1) is 11.6 Å². The first-order chi connectivity index (χ1) is 8.26. The van der Waals surface area contributed by atoms with Crippen molar-refractivity contribution >= 4 is 33.2 Å². The van der Waals surface area contributed by atoms with Crippen LogP contribution in [0.2, 0.25) is 0 Å². The zero-order chi connectivity index (χ0) is 13.9. The molecule has 0 aliphatic rings. The second-order valence-corrected chi connectivity index (χ2v) is 5.51. The molecule has 0 aliphatic carbocycles. The molecule has 0 aromatic heterocycles. The maximum Gasteiger partial charge on any atom is 0.251 e. The molecule has 0 aliphatic heterocycles. The average Bonchev–Trinajstić information content (AvgIpc) is 2.21. The summed E-state index contributed by atoms with van der Waals surface area (Å²) in [6.07, 6.45) is 0. The molecule has 1 amide bonds. The van der Waals surface area contributed by atoms with Crippen LogP contribution in [0.15, 0.2) is 12.1 Å². The van der Waals surface area contributed by atoms with Gasteiger partial charge in [-0.05, 0) is 6.07 Å². The summed E-state index contributed by atoms with van der Waals surface area (Å²) in [7, 11) is -3.86. The lowest BCUT2D eigenvalue weighted by Gasteiger charge is -2.09. The topological polar surface area (TPSA) is 89.3 Å². The lowest BCUT2D eigenvalue weighted by Crippen LogP contribution is -2.20. The van der Waals surface area contributed by atoms with Crippen molar-refractivity contribution in [3.05, 3.63) is 29.3 Å². The molecule has 3 N–H and O–H groups in total. The molecule has 1 aromatic rings. The summed E-state index contributed by atoms with van der Waals surface area (Å²) in [5, 5.41) is 0. The van der Waals surface area contributed by atoms with E-state index in [4.69, 9.17) is 17.3 Å². The number of hydrogen-bond donors (Lipinski definition) is 2. The van der Waals surface area contributed by atoms with E-state index in [2.05, 4.69) is 0 Å². The van der Waals surface area contributed by atoms with Gasteiger partial charge in [0.1, 0.15) is 11.6 Å². The van der Waals surface area contributed by atoms with Crippen molar-refractivity contribution in [1.82, 2.24) is 0 Å². The average molecular weight is 299 g/mol. The fraction of sp³-hybridized carbons (Fsp3) is 0.222. The van der Waals surface area contributed by atoms with Crippen molar-refractivity contribution in [1.29, 1.82) is 0 Å². The first-order valence-corrected chi connectivity index (χ1v) is 6.81. The van der Waals surface area contributed by atoms with E-state index in [0.29, 0.717) is 12.1 Å². The van der Waals surface area contributed by atoms with E-state index in [9.17, 15) is 22.0 Å². The zero-order valence-corrected chi connectivity index (χ0v) is 10.5. The Bertz CT molecular complexity index is 577. The number of nitrogens with one attached hydrogen (secondary N) is 1. The largest absolute Gasteiger partial charge is 0.366 e. The molecule has 0 fully saturated rings. The monoisotopic (exact) mass is 298 g/mol. The second kappa shape index (κ2) is 5.49. The standard InChI is InChI=1S/C9H9ClF2N2O3S/c10-1-2-18(16,17)14-8-3-5(9(13)15)6(11)4-7(8)12/h3-4,14H,1-2H2,(H2,13,15). The van der Waals surface area contributed by atoms with Crippen LogP contribution < -0.4 is 10.5 Å². The summed E-state index contributed by atoms with van der Waals surface area (Å²) in [5.41, 5.74) is 3.69. The molecule has 0 atom stereocenters. The van der Waals surface area contributed by atoms with Crippen molar-refractivity contribution in [3.8, 4) is 0 Å². The number of hydrogen-bond acceptors (Lipinski definition) is 3. The number of carbonyl (C=O) groups excluding carboxylic acids is 1. The van der Waals surface area contributed by atoms with Crippen LogP contribution in [0.1, 0.15) is 10.4 Å². The van der Waals surface area contributed by atoms with Gasteiger partial charge in [0, 0.05) is 11.9 Å². The summed E-state index contributed by atoms with van der Waals surface area (Å²) in [4.78, 5) is 10.8. The Morgan fingerprint density at radius 1 is 1.33 bits per heavy atom. The Hall–Kier alpha value is -1.41. The quantitative estimate of drug-likeness (QED) is 0.796. The van der Waals surface area contributed by atoms with Crippen LogP contribution in [0.3, 0.4) is 0 Å². The van der Waals surface area contributed by atoms with Gasteiger partial charge in [-0.25, -0.2) is 17.2 Å². The van der Waals surface area contributed by atoms with Gasteiger partial charge in [-0.2, -0.15) is 0 Å². The van der Waals surface area contributed by atoms with Crippen LogP contribution in [0.25, 0.3) is 0 Å². The lowest BCUT2D eigenvalue weighted by molar-refractivity contribution is 0.0996. The van der Waals surface area contributed by atoms with Gasteiger partial charge in [-0.15, -0.1) is 11.6 Å². The number of amides is 1. The predicted molar refractivity (Wildman–Crippen MR) is 63.0 cm³/mol. The molecular formula is C9H9ClF2N2O3S. The first kappa shape index (κ1) is 14.7. The Labute approximate surface area is 107 Å². The molecule has 0 saturated carbocycles. The third-order valence-corrected chi connectivity index (χ3v) is 3.62. The van der Waals surface area contributed by atoms with Crippen molar-refractivity contribution < 1.29 is 22.0 Å². The summed E-state index contributed by atoms with van der Waals surface area (Å²) in [5.74, 6) is -4.10. The lowest BCUT2D eigenvalue weighted by atomic mass is 10.2. The Kier molecular flexibility index (Phi) is 4.47. The minimum atomic E-state index is -3.86. The summed E-state index contributed by atoms with van der Waals surface area (Å²) >= 11 is 5.25. The highest BCUT2D eigenvalue weighted by Gasteiger charge is 2.17. The highest BCUT2D eigenvalue weighted by Crippen LogP contribution is 2.20. The van der Waals surface area contributed by atoms with Crippen LogP contribution in [0.4, 0.5) is 14.5 Å². The van der Waals surface area contributed by atoms with E-state index in [0.717, 1.165) is 0 Å². The van der Waals surface area contributed by atoms with Crippen molar-refractivity contribution in [2.24, 2.45) is 5.73 Å². The summed E-state index contributed by atoms with van der Waals surface area (Å²) in [6.45, 7) is 0. The first-order valence-electron chi connectivity index (χ1n) is 4.62. The van der Waals surface area contributed by atoms with Gasteiger partial charge in [-0.1, -0.05) is 0 Å². The van der Waals surface area contributed by atoms with E-state index < -0.39 is 44.6 Å². The van der Waals surface area contributed by atoms with E-state index in [1.165, 1.54) is 0 Å². The molecule has 1 aromatic carbocycles. The van der Waals surface area contributed by atoms with Crippen molar-refractivity contribution in [2.45, 2.75) is 0 Å². The molecule has 100 valence electrons. The fourth-order valence-corrected chi connectivity index (χ4v) is 2.54. The van der Waals surface area contributed by atoms with Gasteiger partial charge >= 0.3 is 0 Å². The third-order valence-electron chi connectivity index (χ3n) is 1.93. The number of alkyl halides is 1. The molecule has 0 saturated heterocycles. The number of sulfonamides is 1. The SMILES string of the molecule is NC(=O)c1cc(NS(=O)(=O)CCCl)c(F)cc1F. The number of carbonyl (C=O) groups is 1. The molecule has 0 radical (unpaired) electrons. The van der Waals surface area contributed by atoms with Gasteiger partial charge in [0.05, 0.1) is 17.0 Å². The predicted octanol–water partition coefficient (Wildman–Crippen LogP) is 1.04. The molecule has 1 rings (SSSR count). The molecule has 18 heavy (non-hydrogen) atoms. The van der Waals surface area contributed by atoms with E-state index in [-0.39, 0.29) is 5.88 Å². The highest BCUT2D eigenvalue weighted by atomic mass is 35.5. The van der Waals surface area contributed by atoms with E-state index in [1.54, 1.807) is 0 Å². The van der Waals surface area contributed by atoms with Crippen LogP contribution >= 0.6 is 11.6 Å². The normalized spacial score (nSPS) is 11.3. The van der Waals surface area contributed by atoms with Gasteiger partial charge in [0.2, 0.25) is 10.0 Å². The third kappa shape index (κ3) is 3.54. The minimum absolute atomic E-state index is 0.194. The minimum Gasteiger partial charge on any atom is -0.366 e. The van der Waals surface area contributed by atoms with Crippen molar-refractivity contribution in [2.75, 3.05) is 16.4 Å². The highest BCUT2D eigenvalue weighted by molar-refractivity contribution is 7.92. The second-order valence-electron chi connectivity index (χ2n) is 3.29. The zero-order valence-electron chi connectivity index (χ0n) is 8.91. The van der Waals surface area contributed by atoms with Gasteiger partial charge in [0.25, 0.3) is 5.91 Å². The van der Waals surface area contributed by atoms with Crippen LogP contribution in [-0.2, 0) is 10.0 Å².